The fourth-order valence-corrected chi connectivity index (χ4v) is 3.55. The van der Waals surface area contributed by atoms with Gasteiger partial charge in [-0.1, -0.05) is 30.7 Å². The van der Waals surface area contributed by atoms with E-state index in [4.69, 9.17) is 16.3 Å². The van der Waals surface area contributed by atoms with E-state index in [2.05, 4.69) is 10.0 Å². The summed E-state index contributed by atoms with van der Waals surface area (Å²) in [4.78, 5) is 12.4. The van der Waals surface area contributed by atoms with Crippen LogP contribution in [0.1, 0.15) is 24.2 Å². The zero-order valence-electron chi connectivity index (χ0n) is 13.9. The van der Waals surface area contributed by atoms with Crippen molar-refractivity contribution in [2.24, 2.45) is 0 Å². The molecule has 2 aromatic rings. The van der Waals surface area contributed by atoms with E-state index < -0.39 is 15.9 Å². The molecule has 2 rings (SSSR count). The second-order valence-electron chi connectivity index (χ2n) is 5.03. The van der Waals surface area contributed by atoms with E-state index in [1.54, 1.807) is 38.1 Å². The quantitative estimate of drug-likeness (QED) is 0.769. The Morgan fingerprint density at radius 3 is 2.52 bits per heavy atom. The Balaban J connectivity index is 2.39. The summed E-state index contributed by atoms with van der Waals surface area (Å²) in [7, 11) is -3.78. The molecule has 0 aliphatic heterocycles. The number of rotatable bonds is 7. The van der Waals surface area contributed by atoms with Crippen LogP contribution in [0.25, 0.3) is 0 Å². The van der Waals surface area contributed by atoms with Crippen LogP contribution < -0.4 is 14.8 Å². The van der Waals surface area contributed by atoms with E-state index in [0.717, 1.165) is 0 Å². The number of hydrogen-bond acceptors (Lipinski definition) is 4. The average molecular weight is 383 g/mol. The third kappa shape index (κ3) is 4.72. The van der Waals surface area contributed by atoms with Gasteiger partial charge in [-0.05, 0) is 37.3 Å². The Labute approximate surface area is 152 Å². The molecule has 8 heteroatoms. The molecule has 0 fully saturated rings. The summed E-state index contributed by atoms with van der Waals surface area (Å²) in [5, 5.41) is 3.05. The minimum Gasteiger partial charge on any atom is -0.492 e. The lowest BCUT2D eigenvalue weighted by Crippen LogP contribution is -2.24. The molecule has 0 atom stereocenters. The minimum absolute atomic E-state index is 0.0805. The van der Waals surface area contributed by atoms with Crippen molar-refractivity contribution in [3.05, 3.63) is 53.1 Å². The van der Waals surface area contributed by atoms with Gasteiger partial charge in [-0.2, -0.15) is 0 Å². The summed E-state index contributed by atoms with van der Waals surface area (Å²) in [6.45, 7) is 3.96. The molecule has 1 amide bonds. The van der Waals surface area contributed by atoms with E-state index in [0.29, 0.717) is 17.3 Å². The molecule has 2 N–H and O–H groups in total. The van der Waals surface area contributed by atoms with Crippen LogP contribution >= 0.6 is 11.6 Å². The first-order chi connectivity index (χ1) is 11.9. The first-order valence-corrected chi connectivity index (χ1v) is 9.57. The third-order valence-electron chi connectivity index (χ3n) is 3.25. The number of para-hydroxylation sites is 1. The summed E-state index contributed by atoms with van der Waals surface area (Å²) in [6.07, 6.45) is 0. The molecule has 0 unspecified atom stereocenters. The van der Waals surface area contributed by atoms with Crippen LogP contribution in [0.3, 0.4) is 0 Å². The number of amides is 1. The molecule has 6 nitrogen and oxygen atoms in total. The van der Waals surface area contributed by atoms with E-state index in [1.807, 2.05) is 0 Å². The molecule has 0 heterocycles. The van der Waals surface area contributed by atoms with Gasteiger partial charge in [0, 0.05) is 12.1 Å². The predicted octanol–water partition coefficient (Wildman–Crippen LogP) is 3.29. The highest BCUT2D eigenvalue weighted by Gasteiger charge is 2.21. The summed E-state index contributed by atoms with van der Waals surface area (Å²) >= 11 is 6.03. The molecule has 0 bridgehead atoms. The largest absolute Gasteiger partial charge is 0.492 e. The van der Waals surface area contributed by atoms with Gasteiger partial charge in [0.05, 0.1) is 17.3 Å². The standard InChI is InChI=1S/C17H19ClN2O4S/c1-3-19-25(22,23)16-11-12(9-10-15(16)24-4-2)17(21)20-14-8-6-5-7-13(14)18/h5-11,19H,3-4H2,1-2H3,(H,20,21). The Hall–Kier alpha value is -2.09. The van der Waals surface area contributed by atoms with Crippen molar-refractivity contribution < 1.29 is 17.9 Å². The van der Waals surface area contributed by atoms with Crippen molar-refractivity contribution in [1.29, 1.82) is 0 Å². The summed E-state index contributed by atoms with van der Waals surface area (Å²) < 4.78 is 32.5. The zero-order chi connectivity index (χ0) is 18.4. The number of hydrogen-bond donors (Lipinski definition) is 2. The number of carbonyl (C=O) groups excluding carboxylic acids is 1. The highest BCUT2D eigenvalue weighted by Crippen LogP contribution is 2.26. The monoisotopic (exact) mass is 382 g/mol. The second kappa shape index (κ2) is 8.33. The molecule has 0 aliphatic rings. The molecular formula is C17H19ClN2O4S. The Bertz CT molecular complexity index is 869. The van der Waals surface area contributed by atoms with Crippen LogP contribution in [-0.2, 0) is 10.0 Å². The van der Waals surface area contributed by atoms with E-state index in [-0.39, 0.29) is 22.8 Å². The van der Waals surface area contributed by atoms with Crippen LogP contribution in [0.5, 0.6) is 5.75 Å². The van der Waals surface area contributed by atoms with Crippen LogP contribution in [0, 0.1) is 0 Å². The molecule has 0 saturated carbocycles. The molecule has 0 aliphatic carbocycles. The maximum atomic E-state index is 12.4. The van der Waals surface area contributed by atoms with Crippen molar-refractivity contribution in [1.82, 2.24) is 4.72 Å². The first-order valence-electron chi connectivity index (χ1n) is 7.71. The molecule has 25 heavy (non-hydrogen) atoms. The predicted molar refractivity (Wildman–Crippen MR) is 97.9 cm³/mol. The zero-order valence-corrected chi connectivity index (χ0v) is 15.4. The summed E-state index contributed by atoms with van der Waals surface area (Å²) in [6, 6.07) is 11.0. The Morgan fingerprint density at radius 2 is 1.88 bits per heavy atom. The van der Waals surface area contributed by atoms with Crippen LogP contribution in [0.4, 0.5) is 5.69 Å². The first kappa shape index (κ1) is 19.2. The molecule has 0 radical (unpaired) electrons. The molecule has 134 valence electrons. The normalized spacial score (nSPS) is 11.2. The van der Waals surface area contributed by atoms with Crippen LogP contribution in [0.2, 0.25) is 5.02 Å². The second-order valence-corrected chi connectivity index (χ2v) is 7.17. The van der Waals surface area contributed by atoms with Crippen molar-refractivity contribution in [2.75, 3.05) is 18.5 Å². The molecule has 0 spiro atoms. The highest BCUT2D eigenvalue weighted by atomic mass is 35.5. The molecular weight excluding hydrogens is 364 g/mol. The lowest BCUT2D eigenvalue weighted by molar-refractivity contribution is 0.102. The Morgan fingerprint density at radius 1 is 1.16 bits per heavy atom. The van der Waals surface area contributed by atoms with Crippen molar-refractivity contribution in [3.63, 3.8) is 0 Å². The number of anilines is 1. The van der Waals surface area contributed by atoms with Gasteiger partial charge in [0.25, 0.3) is 5.91 Å². The summed E-state index contributed by atoms with van der Waals surface area (Å²) in [5.41, 5.74) is 0.624. The van der Waals surface area contributed by atoms with Gasteiger partial charge in [-0.25, -0.2) is 13.1 Å². The average Bonchev–Trinajstić information content (AvgIpc) is 2.57. The van der Waals surface area contributed by atoms with Crippen LogP contribution in [0.15, 0.2) is 47.4 Å². The van der Waals surface area contributed by atoms with E-state index >= 15 is 0 Å². The smallest absolute Gasteiger partial charge is 0.255 e. The maximum absolute atomic E-state index is 12.4. The lowest BCUT2D eigenvalue weighted by Gasteiger charge is -2.13. The maximum Gasteiger partial charge on any atom is 0.255 e. The van der Waals surface area contributed by atoms with Crippen molar-refractivity contribution >= 4 is 33.2 Å². The minimum atomic E-state index is -3.78. The third-order valence-corrected chi connectivity index (χ3v) is 5.15. The number of nitrogens with one attached hydrogen (secondary N) is 2. The van der Waals surface area contributed by atoms with Crippen molar-refractivity contribution in [2.45, 2.75) is 18.7 Å². The SMILES string of the molecule is CCNS(=O)(=O)c1cc(C(=O)Nc2ccccc2Cl)ccc1OCC. The highest BCUT2D eigenvalue weighted by molar-refractivity contribution is 7.89. The number of benzene rings is 2. The Kier molecular flexibility index (Phi) is 6.41. The van der Waals surface area contributed by atoms with Gasteiger partial charge in [0.2, 0.25) is 10.0 Å². The number of halogens is 1. The fourth-order valence-electron chi connectivity index (χ4n) is 2.16. The molecule has 0 aromatic heterocycles. The van der Waals surface area contributed by atoms with Gasteiger partial charge in [-0.15, -0.1) is 0 Å². The van der Waals surface area contributed by atoms with Gasteiger partial charge in [-0.3, -0.25) is 4.79 Å². The molecule has 2 aromatic carbocycles. The van der Waals surface area contributed by atoms with Gasteiger partial charge in [0.1, 0.15) is 10.6 Å². The molecule has 0 saturated heterocycles. The number of ether oxygens (including phenoxy) is 1. The van der Waals surface area contributed by atoms with Gasteiger partial charge >= 0.3 is 0 Å². The van der Waals surface area contributed by atoms with Crippen LogP contribution in [-0.4, -0.2) is 27.5 Å². The van der Waals surface area contributed by atoms with Gasteiger partial charge in [0.15, 0.2) is 0 Å². The number of sulfonamides is 1. The van der Waals surface area contributed by atoms with E-state index in [1.165, 1.54) is 18.2 Å². The van der Waals surface area contributed by atoms with E-state index in [9.17, 15) is 13.2 Å². The summed E-state index contributed by atoms with van der Waals surface area (Å²) in [5.74, 6) is -0.276. The topological polar surface area (TPSA) is 84.5 Å². The lowest BCUT2D eigenvalue weighted by atomic mass is 10.2. The van der Waals surface area contributed by atoms with Gasteiger partial charge < -0.3 is 10.1 Å². The number of carbonyl (C=O) groups is 1. The fraction of sp³-hybridized carbons (Fsp3) is 0.235. The van der Waals surface area contributed by atoms with Crippen molar-refractivity contribution in [3.8, 4) is 5.75 Å².